The van der Waals surface area contributed by atoms with Crippen LogP contribution in [-0.2, 0) is 0 Å². The highest BCUT2D eigenvalue weighted by Crippen LogP contribution is 2.51. The van der Waals surface area contributed by atoms with Crippen molar-refractivity contribution in [2.45, 2.75) is 42.8 Å². The van der Waals surface area contributed by atoms with Gasteiger partial charge >= 0.3 is 0 Å². The van der Waals surface area contributed by atoms with Gasteiger partial charge in [-0.05, 0) is 11.7 Å². The smallest absolute Gasteiger partial charge is 0.159 e. The summed E-state index contributed by atoms with van der Waals surface area (Å²) < 4.78 is 0. The highest BCUT2D eigenvalue weighted by molar-refractivity contribution is 8.14. The van der Waals surface area contributed by atoms with Crippen molar-refractivity contribution in [3.05, 3.63) is 0 Å². The number of rotatable bonds is 0. The van der Waals surface area contributed by atoms with Crippen LogP contribution >= 0.6 is 11.8 Å². The van der Waals surface area contributed by atoms with E-state index in [1.807, 2.05) is 18.8 Å². The second-order valence-electron chi connectivity index (χ2n) is 5.10. The molecule has 14 heavy (non-hydrogen) atoms. The van der Waals surface area contributed by atoms with E-state index in [0.29, 0.717) is 5.31 Å². The van der Waals surface area contributed by atoms with E-state index < -0.39 is 0 Å². The number of aliphatic imine (C=N–C) groups is 1. The number of thioether (sulfide) groups is 1. The molecule has 0 aromatic rings. The van der Waals surface area contributed by atoms with Gasteiger partial charge in [0.05, 0.1) is 0 Å². The molecule has 1 saturated carbocycles. The van der Waals surface area contributed by atoms with Crippen molar-refractivity contribution in [2.75, 3.05) is 14.1 Å². The zero-order valence-electron chi connectivity index (χ0n) is 9.58. The molecule has 2 aliphatic rings. The summed E-state index contributed by atoms with van der Waals surface area (Å²) in [6.07, 6.45) is 4.08. The molecule has 3 unspecified atom stereocenters. The highest BCUT2D eigenvalue weighted by atomic mass is 32.2. The van der Waals surface area contributed by atoms with Crippen LogP contribution in [-0.4, -0.2) is 43.3 Å². The Labute approximate surface area is 91.9 Å². The van der Waals surface area contributed by atoms with E-state index >= 15 is 0 Å². The molecular weight excluding hydrogens is 191 g/mol. The van der Waals surface area contributed by atoms with Gasteiger partial charge in [0.2, 0.25) is 0 Å². The van der Waals surface area contributed by atoms with Crippen LogP contribution in [0.15, 0.2) is 4.99 Å². The van der Waals surface area contributed by atoms with Gasteiger partial charge in [-0.15, -0.1) is 0 Å². The van der Waals surface area contributed by atoms with Gasteiger partial charge in [-0.2, -0.15) is 0 Å². The summed E-state index contributed by atoms with van der Waals surface area (Å²) in [7, 11) is 6.51. The van der Waals surface area contributed by atoms with Crippen LogP contribution in [0.5, 0.6) is 0 Å². The highest BCUT2D eigenvalue weighted by Gasteiger charge is 2.47. The van der Waals surface area contributed by atoms with E-state index in [2.05, 4.69) is 31.7 Å². The van der Waals surface area contributed by atoms with Crippen molar-refractivity contribution in [1.29, 1.82) is 0 Å². The minimum absolute atomic E-state index is 0.480. The van der Waals surface area contributed by atoms with E-state index in [1.54, 1.807) is 0 Å². The van der Waals surface area contributed by atoms with Crippen LogP contribution < -0.4 is 0 Å². The van der Waals surface area contributed by atoms with E-state index in [1.165, 1.54) is 24.4 Å². The van der Waals surface area contributed by atoms with Crippen LogP contribution in [0.3, 0.4) is 0 Å². The van der Waals surface area contributed by atoms with Crippen molar-refractivity contribution >= 4 is 24.8 Å². The molecule has 2 nitrogen and oxygen atoms in total. The van der Waals surface area contributed by atoms with Crippen LogP contribution in [0, 0.1) is 0 Å². The number of fused-ring (bicyclic) bond motifs is 1. The number of hydrogen-bond donors (Lipinski definition) is 0. The first-order valence-corrected chi connectivity index (χ1v) is 6.30. The average molecular weight is 210 g/mol. The van der Waals surface area contributed by atoms with Gasteiger partial charge < -0.3 is 4.90 Å². The monoisotopic (exact) mass is 210 g/mol. The third kappa shape index (κ3) is 1.48. The Morgan fingerprint density at radius 1 is 1.64 bits per heavy atom. The summed E-state index contributed by atoms with van der Waals surface area (Å²) in [4.78, 5) is 6.75. The fraction of sp³-hybridized carbons (Fsp3) is 0.900. The first-order chi connectivity index (χ1) is 6.56. The Hall–Kier alpha value is -0.115. The van der Waals surface area contributed by atoms with E-state index in [-0.39, 0.29) is 0 Å². The average Bonchev–Trinajstić information content (AvgIpc) is 2.45. The van der Waals surface area contributed by atoms with Crippen molar-refractivity contribution < 1.29 is 0 Å². The lowest BCUT2D eigenvalue weighted by atomic mass is 9.60. The van der Waals surface area contributed by atoms with Crippen LogP contribution in [0.2, 0.25) is 5.31 Å². The SMILES string of the molecule is BC1(C)CCCC2C1S/C(=N\C)N2C. The number of hydrogen-bond acceptors (Lipinski definition) is 2. The lowest BCUT2D eigenvalue weighted by Gasteiger charge is -2.40. The Balaban J connectivity index is 2.25. The topological polar surface area (TPSA) is 15.6 Å². The summed E-state index contributed by atoms with van der Waals surface area (Å²) in [5.41, 5.74) is 0. The molecule has 0 N–H and O–H groups in total. The largest absolute Gasteiger partial charge is 0.350 e. The third-order valence-corrected chi connectivity index (χ3v) is 5.55. The molecule has 1 saturated heterocycles. The molecule has 1 aliphatic carbocycles. The zero-order valence-corrected chi connectivity index (χ0v) is 10.4. The number of amidine groups is 1. The van der Waals surface area contributed by atoms with E-state index in [4.69, 9.17) is 0 Å². The fourth-order valence-electron chi connectivity index (χ4n) is 2.77. The van der Waals surface area contributed by atoms with Gasteiger partial charge in [0.1, 0.15) is 7.85 Å². The summed E-state index contributed by atoms with van der Waals surface area (Å²) in [5.74, 6) is 0. The molecular formula is C10H19BN2S. The lowest BCUT2D eigenvalue weighted by Crippen LogP contribution is -2.42. The van der Waals surface area contributed by atoms with Gasteiger partial charge in [-0.25, -0.2) is 0 Å². The standard InChI is InChI=1S/C10H19BN2S/c1-10(11)6-4-5-7-8(10)14-9(12-2)13(7)3/h7-8H,4-6,11H2,1-3H3/b12-9-. The molecule has 0 spiro atoms. The molecule has 0 bridgehead atoms. The summed E-state index contributed by atoms with van der Waals surface area (Å²) in [6.45, 7) is 2.41. The molecule has 0 amide bonds. The van der Waals surface area contributed by atoms with E-state index in [0.717, 1.165) is 11.3 Å². The summed E-state index contributed by atoms with van der Waals surface area (Å²) in [5, 5.41) is 2.46. The maximum atomic E-state index is 4.36. The first-order valence-electron chi connectivity index (χ1n) is 5.42. The van der Waals surface area contributed by atoms with Gasteiger partial charge in [0.15, 0.2) is 5.17 Å². The van der Waals surface area contributed by atoms with Gasteiger partial charge in [-0.1, -0.05) is 31.5 Å². The Morgan fingerprint density at radius 2 is 2.36 bits per heavy atom. The summed E-state index contributed by atoms with van der Waals surface area (Å²) in [6, 6.07) is 0.724. The maximum Gasteiger partial charge on any atom is 0.159 e. The normalized spacial score (nSPS) is 45.6. The fourth-order valence-corrected chi connectivity index (χ4v) is 4.31. The predicted molar refractivity (Wildman–Crippen MR) is 67.1 cm³/mol. The third-order valence-electron chi connectivity index (χ3n) is 3.66. The van der Waals surface area contributed by atoms with Gasteiger partial charge in [-0.3, -0.25) is 4.99 Å². The van der Waals surface area contributed by atoms with Crippen LogP contribution in [0.25, 0.3) is 0 Å². The first kappa shape index (κ1) is 10.4. The maximum absolute atomic E-state index is 4.36. The molecule has 1 aliphatic heterocycles. The molecule has 2 rings (SSSR count). The van der Waals surface area contributed by atoms with E-state index in [9.17, 15) is 0 Å². The minimum atomic E-state index is 0.480. The van der Waals surface area contributed by atoms with Crippen molar-refractivity contribution in [3.63, 3.8) is 0 Å². The molecule has 0 aromatic carbocycles. The van der Waals surface area contributed by atoms with Gasteiger partial charge in [0.25, 0.3) is 0 Å². The summed E-state index contributed by atoms with van der Waals surface area (Å²) >= 11 is 1.99. The predicted octanol–water partition coefficient (Wildman–Crippen LogP) is 1.38. The molecule has 78 valence electrons. The Morgan fingerprint density at radius 3 is 2.93 bits per heavy atom. The molecule has 3 atom stereocenters. The molecule has 0 radical (unpaired) electrons. The number of nitrogens with zero attached hydrogens (tertiary/aromatic N) is 2. The second-order valence-corrected chi connectivity index (χ2v) is 6.21. The molecule has 2 fully saturated rings. The lowest BCUT2D eigenvalue weighted by molar-refractivity contribution is 0.265. The second kappa shape index (κ2) is 3.48. The van der Waals surface area contributed by atoms with Crippen LogP contribution in [0.4, 0.5) is 0 Å². The zero-order chi connectivity index (χ0) is 10.3. The van der Waals surface area contributed by atoms with Gasteiger partial charge in [0, 0.05) is 25.4 Å². The molecule has 0 aromatic heterocycles. The van der Waals surface area contributed by atoms with Crippen molar-refractivity contribution in [3.8, 4) is 0 Å². The quantitative estimate of drug-likeness (QED) is 0.561. The van der Waals surface area contributed by atoms with Crippen LogP contribution in [0.1, 0.15) is 26.2 Å². The van der Waals surface area contributed by atoms with Crippen molar-refractivity contribution in [2.24, 2.45) is 4.99 Å². The molecule has 4 heteroatoms. The Bertz CT molecular complexity index is 265. The Kier molecular flexibility index (Phi) is 2.58. The van der Waals surface area contributed by atoms with Crippen molar-refractivity contribution in [1.82, 2.24) is 4.90 Å². The minimum Gasteiger partial charge on any atom is -0.350 e. The molecule has 1 heterocycles.